The van der Waals surface area contributed by atoms with Crippen LogP contribution in [0.5, 0.6) is 0 Å². The van der Waals surface area contributed by atoms with Crippen LogP contribution in [0.4, 0.5) is 0 Å². The molecular formula is C14H23NO2. The molecule has 0 aliphatic carbocycles. The van der Waals surface area contributed by atoms with Crippen LogP contribution >= 0.6 is 0 Å². The van der Waals surface area contributed by atoms with Crippen molar-refractivity contribution in [2.75, 3.05) is 6.61 Å². The third kappa shape index (κ3) is 8.50. The van der Waals surface area contributed by atoms with Gasteiger partial charge < -0.3 is 4.74 Å². The molecule has 1 unspecified atom stereocenters. The van der Waals surface area contributed by atoms with Crippen molar-refractivity contribution in [1.82, 2.24) is 0 Å². The van der Waals surface area contributed by atoms with Gasteiger partial charge in [0.05, 0.1) is 6.07 Å². The molecule has 0 aromatic heterocycles. The zero-order chi connectivity index (χ0) is 12.9. The van der Waals surface area contributed by atoms with E-state index in [1.807, 2.05) is 6.07 Å². The van der Waals surface area contributed by atoms with E-state index in [2.05, 4.69) is 13.5 Å². The molecule has 0 spiro atoms. The van der Waals surface area contributed by atoms with E-state index in [1.165, 1.54) is 31.8 Å². The van der Waals surface area contributed by atoms with Crippen LogP contribution in [0.2, 0.25) is 0 Å². The second-order valence-corrected chi connectivity index (χ2v) is 4.16. The van der Waals surface area contributed by atoms with Gasteiger partial charge in [0, 0.05) is 0 Å². The van der Waals surface area contributed by atoms with Crippen molar-refractivity contribution in [2.24, 2.45) is 5.92 Å². The van der Waals surface area contributed by atoms with E-state index in [1.54, 1.807) is 0 Å². The number of carbonyl (C=O) groups is 1. The van der Waals surface area contributed by atoms with Crippen molar-refractivity contribution in [2.45, 2.75) is 51.9 Å². The van der Waals surface area contributed by atoms with Gasteiger partial charge in [-0.2, -0.15) is 5.26 Å². The lowest BCUT2D eigenvalue weighted by molar-refractivity contribution is -0.145. The van der Waals surface area contributed by atoms with Crippen LogP contribution in [-0.2, 0) is 9.53 Å². The van der Waals surface area contributed by atoms with Crippen molar-refractivity contribution in [3.8, 4) is 6.07 Å². The standard InChI is InChI=1S/C14H23NO2/c1-3-5-6-7-8-9-10-13(12-15)14(16)17-11-4-2/h4,13H,2-3,5-11H2,1H3. The number of esters is 1. The molecule has 0 fully saturated rings. The highest BCUT2D eigenvalue weighted by atomic mass is 16.5. The quantitative estimate of drug-likeness (QED) is 0.331. The Balaban J connectivity index is 3.64. The number of carbonyl (C=O) groups excluding carboxylic acids is 1. The average Bonchev–Trinajstić information content (AvgIpc) is 2.35. The van der Waals surface area contributed by atoms with E-state index in [0.29, 0.717) is 6.42 Å². The molecule has 0 heterocycles. The fourth-order valence-corrected chi connectivity index (χ4v) is 1.61. The zero-order valence-corrected chi connectivity index (χ0v) is 10.8. The Bertz CT molecular complexity index is 255. The molecule has 0 amide bonds. The molecule has 0 N–H and O–H groups in total. The van der Waals surface area contributed by atoms with Gasteiger partial charge in [-0.1, -0.05) is 58.1 Å². The van der Waals surface area contributed by atoms with Gasteiger partial charge in [-0.05, 0) is 6.42 Å². The fraction of sp³-hybridized carbons (Fsp3) is 0.714. The molecule has 0 radical (unpaired) electrons. The van der Waals surface area contributed by atoms with E-state index < -0.39 is 11.9 Å². The van der Waals surface area contributed by atoms with Crippen LogP contribution < -0.4 is 0 Å². The van der Waals surface area contributed by atoms with Crippen molar-refractivity contribution >= 4 is 5.97 Å². The Morgan fingerprint density at radius 3 is 2.59 bits per heavy atom. The molecule has 96 valence electrons. The summed E-state index contributed by atoms with van der Waals surface area (Å²) in [5.41, 5.74) is 0. The summed E-state index contributed by atoms with van der Waals surface area (Å²) < 4.78 is 4.86. The van der Waals surface area contributed by atoms with E-state index in [9.17, 15) is 4.79 Å². The molecule has 3 nitrogen and oxygen atoms in total. The second kappa shape index (κ2) is 11.2. The maximum absolute atomic E-state index is 11.4. The number of ether oxygens (including phenoxy) is 1. The summed E-state index contributed by atoms with van der Waals surface area (Å²) in [4.78, 5) is 11.4. The molecule has 17 heavy (non-hydrogen) atoms. The predicted molar refractivity (Wildman–Crippen MR) is 68.3 cm³/mol. The molecule has 0 saturated carbocycles. The molecule has 3 heteroatoms. The van der Waals surface area contributed by atoms with E-state index in [4.69, 9.17) is 10.00 Å². The molecular weight excluding hydrogens is 214 g/mol. The van der Waals surface area contributed by atoms with Gasteiger partial charge in [0.2, 0.25) is 0 Å². The lowest BCUT2D eigenvalue weighted by Gasteiger charge is -2.07. The molecule has 0 bridgehead atoms. The van der Waals surface area contributed by atoms with E-state index in [-0.39, 0.29) is 6.61 Å². The third-order valence-corrected chi connectivity index (χ3v) is 2.63. The lowest BCUT2D eigenvalue weighted by Crippen LogP contribution is -2.16. The lowest BCUT2D eigenvalue weighted by atomic mass is 10.0. The maximum Gasteiger partial charge on any atom is 0.323 e. The monoisotopic (exact) mass is 237 g/mol. The number of nitriles is 1. The SMILES string of the molecule is C=CCOC(=O)C(C#N)CCCCCCCC. The van der Waals surface area contributed by atoms with Gasteiger partial charge in [-0.3, -0.25) is 4.79 Å². The Morgan fingerprint density at radius 1 is 1.35 bits per heavy atom. The van der Waals surface area contributed by atoms with Gasteiger partial charge in [-0.25, -0.2) is 0 Å². The maximum atomic E-state index is 11.4. The third-order valence-electron chi connectivity index (χ3n) is 2.63. The summed E-state index contributed by atoms with van der Waals surface area (Å²) >= 11 is 0. The van der Waals surface area contributed by atoms with Crippen molar-refractivity contribution in [3.63, 3.8) is 0 Å². The summed E-state index contributed by atoms with van der Waals surface area (Å²) in [6, 6.07) is 2.00. The minimum atomic E-state index is -0.610. The van der Waals surface area contributed by atoms with Gasteiger partial charge in [-0.15, -0.1) is 0 Å². The number of nitrogens with zero attached hydrogens (tertiary/aromatic N) is 1. The predicted octanol–water partition coefficient (Wildman–Crippen LogP) is 3.61. The molecule has 1 atom stereocenters. The summed E-state index contributed by atoms with van der Waals surface area (Å²) in [6.07, 6.45) is 9.06. The van der Waals surface area contributed by atoms with Crippen LogP contribution in [-0.4, -0.2) is 12.6 Å². The van der Waals surface area contributed by atoms with Crippen LogP contribution in [0.15, 0.2) is 12.7 Å². The van der Waals surface area contributed by atoms with Crippen LogP contribution in [0.3, 0.4) is 0 Å². The first-order chi connectivity index (χ1) is 8.26. The molecule has 0 aliphatic heterocycles. The van der Waals surface area contributed by atoms with Gasteiger partial charge >= 0.3 is 5.97 Å². The molecule has 0 saturated heterocycles. The van der Waals surface area contributed by atoms with Crippen LogP contribution in [0.25, 0.3) is 0 Å². The fourth-order valence-electron chi connectivity index (χ4n) is 1.61. The molecule has 0 aromatic carbocycles. The minimum absolute atomic E-state index is 0.188. The number of hydrogen-bond donors (Lipinski definition) is 0. The van der Waals surface area contributed by atoms with Gasteiger partial charge in [0.15, 0.2) is 0 Å². The number of rotatable bonds is 10. The minimum Gasteiger partial charge on any atom is -0.460 e. The van der Waals surface area contributed by atoms with E-state index in [0.717, 1.165) is 12.8 Å². The van der Waals surface area contributed by atoms with Crippen molar-refractivity contribution in [1.29, 1.82) is 5.26 Å². The summed E-state index contributed by atoms with van der Waals surface area (Å²) in [5.74, 6) is -1.03. The largest absolute Gasteiger partial charge is 0.460 e. The van der Waals surface area contributed by atoms with Crippen LogP contribution in [0, 0.1) is 17.2 Å². The van der Waals surface area contributed by atoms with Crippen LogP contribution in [0.1, 0.15) is 51.9 Å². The Morgan fingerprint density at radius 2 is 2.00 bits per heavy atom. The molecule has 0 aliphatic rings. The first-order valence-corrected chi connectivity index (χ1v) is 6.43. The van der Waals surface area contributed by atoms with Crippen molar-refractivity contribution < 1.29 is 9.53 Å². The second-order valence-electron chi connectivity index (χ2n) is 4.16. The topological polar surface area (TPSA) is 50.1 Å². The first kappa shape index (κ1) is 15.7. The number of unbranched alkanes of at least 4 members (excludes halogenated alkanes) is 5. The Hall–Kier alpha value is -1.30. The highest BCUT2D eigenvalue weighted by Gasteiger charge is 2.18. The highest BCUT2D eigenvalue weighted by molar-refractivity contribution is 5.75. The van der Waals surface area contributed by atoms with Crippen molar-refractivity contribution in [3.05, 3.63) is 12.7 Å². The summed E-state index contributed by atoms with van der Waals surface area (Å²) in [5, 5.41) is 8.86. The number of hydrogen-bond acceptors (Lipinski definition) is 3. The van der Waals surface area contributed by atoms with E-state index >= 15 is 0 Å². The first-order valence-electron chi connectivity index (χ1n) is 6.43. The zero-order valence-electron chi connectivity index (χ0n) is 10.8. The van der Waals surface area contributed by atoms with Gasteiger partial charge in [0.25, 0.3) is 0 Å². The average molecular weight is 237 g/mol. The normalized spacial score (nSPS) is 11.5. The summed E-state index contributed by atoms with van der Waals surface area (Å²) in [6.45, 7) is 5.83. The molecule has 0 rings (SSSR count). The highest BCUT2D eigenvalue weighted by Crippen LogP contribution is 2.13. The summed E-state index contributed by atoms with van der Waals surface area (Å²) in [7, 11) is 0. The molecule has 0 aromatic rings. The Labute approximate surface area is 104 Å². The van der Waals surface area contributed by atoms with Gasteiger partial charge in [0.1, 0.15) is 12.5 Å². The Kier molecular flexibility index (Phi) is 10.3. The smallest absolute Gasteiger partial charge is 0.323 e.